The maximum atomic E-state index is 9.31. The first kappa shape index (κ1) is 58.2. The molecule has 0 aliphatic rings. The lowest BCUT2D eigenvalue weighted by Crippen LogP contribution is -2.27. The Kier molecular flexibility index (Phi) is 60.6. The third kappa shape index (κ3) is 55.0. The van der Waals surface area contributed by atoms with E-state index >= 15 is 0 Å². The summed E-state index contributed by atoms with van der Waals surface area (Å²) in [4.78, 5) is 2.64. The lowest BCUT2D eigenvalue weighted by atomic mass is 10.1. The summed E-state index contributed by atoms with van der Waals surface area (Å²) < 4.78 is 12.5. The van der Waals surface area contributed by atoms with E-state index in [1.54, 1.807) is 11.8 Å². The zero-order valence-electron chi connectivity index (χ0n) is 38.1. The molecule has 0 aromatic heterocycles. The standard InChI is InChI=1S/C46H85NO3.C2H6S.C2H6/c1-4-7-10-13-16-17-18-19-20-21-22-23-24-25-26-27-28-33-40-47(42-35-36-43-48)41-34-31-32-39-46(49-44-37-29-14-11-8-5-2)50-45-38-30-15-12-9-6-3;1-3-2;1-2/h7,10,16-17,19-20,22-23,25-26,46,48H,4-6,8-9,11-15,18,21,24,27-45H2,1-3H3;1-2H3;1-2H3/b10-7-,17-16-,20-19-,23-22-,26-25-;;. The van der Waals surface area contributed by atoms with Crippen molar-refractivity contribution < 1.29 is 14.6 Å². The maximum absolute atomic E-state index is 9.31. The average molecular weight is 792 g/mol. The van der Waals surface area contributed by atoms with E-state index in [4.69, 9.17) is 9.47 Å². The van der Waals surface area contributed by atoms with Crippen LogP contribution in [0.25, 0.3) is 0 Å². The Balaban J connectivity index is -0.00000513. The van der Waals surface area contributed by atoms with Gasteiger partial charge in [0.2, 0.25) is 0 Å². The van der Waals surface area contributed by atoms with Gasteiger partial charge in [-0.3, -0.25) is 0 Å². The topological polar surface area (TPSA) is 41.9 Å². The molecule has 0 heterocycles. The van der Waals surface area contributed by atoms with Crippen LogP contribution in [0.3, 0.4) is 0 Å². The quantitative estimate of drug-likeness (QED) is 0.0380. The summed E-state index contributed by atoms with van der Waals surface area (Å²) in [5, 5.41) is 9.31. The molecule has 0 aromatic rings. The molecule has 0 aliphatic carbocycles. The van der Waals surface area contributed by atoms with Gasteiger partial charge in [0.05, 0.1) is 0 Å². The van der Waals surface area contributed by atoms with Crippen LogP contribution in [0.5, 0.6) is 0 Å². The van der Waals surface area contributed by atoms with Crippen molar-refractivity contribution in [2.24, 2.45) is 0 Å². The van der Waals surface area contributed by atoms with Crippen molar-refractivity contribution >= 4 is 11.8 Å². The van der Waals surface area contributed by atoms with Gasteiger partial charge in [-0.25, -0.2) is 0 Å². The molecule has 0 radical (unpaired) electrons. The Morgan fingerprint density at radius 2 is 0.855 bits per heavy atom. The fraction of sp³-hybridized carbons (Fsp3) is 0.800. The lowest BCUT2D eigenvalue weighted by Gasteiger charge is -2.22. The number of rotatable bonds is 40. The molecule has 0 bridgehead atoms. The Morgan fingerprint density at radius 3 is 1.31 bits per heavy atom. The molecule has 0 atom stereocenters. The Morgan fingerprint density at radius 1 is 0.473 bits per heavy atom. The van der Waals surface area contributed by atoms with Crippen molar-refractivity contribution in [2.75, 3.05) is 52.0 Å². The first-order valence-corrected chi connectivity index (χ1v) is 25.0. The third-order valence-electron chi connectivity index (χ3n) is 9.15. The molecule has 0 aliphatic heterocycles. The van der Waals surface area contributed by atoms with Gasteiger partial charge in [-0.15, -0.1) is 0 Å². The molecule has 0 spiro atoms. The number of unbranched alkanes of at least 4 members (excludes halogenated alkanes) is 15. The number of ether oxygens (including phenoxy) is 2. The molecule has 55 heavy (non-hydrogen) atoms. The normalized spacial score (nSPS) is 12.0. The molecular weight excluding hydrogens is 695 g/mol. The van der Waals surface area contributed by atoms with Gasteiger partial charge in [0, 0.05) is 19.8 Å². The number of aliphatic hydroxyl groups is 1. The zero-order chi connectivity index (χ0) is 41.0. The molecule has 326 valence electrons. The fourth-order valence-corrected chi connectivity index (χ4v) is 5.98. The molecule has 4 nitrogen and oxygen atoms in total. The van der Waals surface area contributed by atoms with Crippen LogP contribution in [0.15, 0.2) is 60.8 Å². The van der Waals surface area contributed by atoms with Crippen molar-refractivity contribution in [1.82, 2.24) is 4.90 Å². The smallest absolute Gasteiger partial charge is 0.157 e. The summed E-state index contributed by atoms with van der Waals surface area (Å²) in [7, 11) is 0. The Labute approximate surface area is 350 Å². The predicted octanol–water partition coefficient (Wildman–Crippen LogP) is 15.6. The fourth-order valence-electron chi connectivity index (χ4n) is 5.98. The Bertz CT molecular complexity index is 791. The number of nitrogens with zero attached hydrogens (tertiary/aromatic N) is 1. The first-order valence-electron chi connectivity index (χ1n) is 23.4. The minimum absolute atomic E-state index is 0.0297. The molecular formula is C50H97NO3S. The number of hydrogen-bond donors (Lipinski definition) is 1. The van der Waals surface area contributed by atoms with Crippen LogP contribution in [-0.4, -0.2) is 68.3 Å². The summed E-state index contributed by atoms with van der Waals surface area (Å²) in [6, 6.07) is 0. The van der Waals surface area contributed by atoms with Crippen LogP contribution in [0.2, 0.25) is 0 Å². The molecule has 0 aromatic carbocycles. The summed E-state index contributed by atoms with van der Waals surface area (Å²) in [6.45, 7) is 16.1. The van der Waals surface area contributed by atoms with Crippen molar-refractivity contribution in [2.45, 2.75) is 208 Å². The molecule has 5 heteroatoms. The summed E-state index contributed by atoms with van der Waals surface area (Å²) >= 11 is 1.75. The molecule has 0 rings (SSSR count). The minimum atomic E-state index is -0.0297. The van der Waals surface area contributed by atoms with Gasteiger partial charge in [0.15, 0.2) is 6.29 Å². The van der Waals surface area contributed by atoms with Crippen molar-refractivity contribution in [3.63, 3.8) is 0 Å². The largest absolute Gasteiger partial charge is 0.396 e. The molecule has 0 amide bonds. The zero-order valence-corrected chi connectivity index (χ0v) is 38.9. The van der Waals surface area contributed by atoms with E-state index in [0.29, 0.717) is 6.61 Å². The second kappa shape index (κ2) is 57.2. The van der Waals surface area contributed by atoms with E-state index in [1.165, 1.54) is 103 Å². The van der Waals surface area contributed by atoms with E-state index in [0.717, 1.165) is 96.9 Å². The molecule has 0 unspecified atom stereocenters. The average Bonchev–Trinajstić information content (AvgIpc) is 3.20. The highest BCUT2D eigenvalue weighted by Crippen LogP contribution is 2.14. The highest BCUT2D eigenvalue weighted by molar-refractivity contribution is 7.97. The monoisotopic (exact) mass is 792 g/mol. The van der Waals surface area contributed by atoms with Gasteiger partial charge in [-0.05, 0) is 128 Å². The van der Waals surface area contributed by atoms with Crippen LogP contribution >= 0.6 is 11.8 Å². The second-order valence-corrected chi connectivity index (χ2v) is 15.3. The highest BCUT2D eigenvalue weighted by Gasteiger charge is 2.10. The number of hydrogen-bond acceptors (Lipinski definition) is 5. The van der Waals surface area contributed by atoms with Gasteiger partial charge in [0.25, 0.3) is 0 Å². The first-order chi connectivity index (χ1) is 27.2. The SMILES string of the molecule is CC.CC/C=C\C/C=C\C/C=C\C/C=C\C/C=C\CCCCN(CCCCO)CCCCCC(OCCCCCCCC)OCCCCCCCC.CSC. The highest BCUT2D eigenvalue weighted by atomic mass is 32.2. The van der Waals surface area contributed by atoms with Crippen LogP contribution in [0, 0.1) is 0 Å². The molecule has 0 saturated carbocycles. The summed E-state index contributed by atoms with van der Waals surface area (Å²) in [5.74, 6) is 0. The van der Waals surface area contributed by atoms with Crippen LogP contribution in [-0.2, 0) is 9.47 Å². The number of aliphatic hydroxyl groups excluding tert-OH is 1. The van der Waals surface area contributed by atoms with Gasteiger partial charge in [-0.1, -0.05) is 166 Å². The van der Waals surface area contributed by atoms with E-state index < -0.39 is 0 Å². The van der Waals surface area contributed by atoms with Gasteiger partial charge in [-0.2, -0.15) is 11.8 Å². The van der Waals surface area contributed by atoms with Crippen molar-refractivity contribution in [1.29, 1.82) is 0 Å². The van der Waals surface area contributed by atoms with Crippen molar-refractivity contribution in [3.8, 4) is 0 Å². The maximum Gasteiger partial charge on any atom is 0.157 e. The Hall–Kier alpha value is -1.11. The third-order valence-corrected chi connectivity index (χ3v) is 9.15. The predicted molar refractivity (Wildman–Crippen MR) is 253 cm³/mol. The second-order valence-electron chi connectivity index (χ2n) is 14.4. The summed E-state index contributed by atoms with van der Waals surface area (Å²) in [5.41, 5.74) is 0. The minimum Gasteiger partial charge on any atom is -0.396 e. The van der Waals surface area contributed by atoms with Crippen LogP contribution in [0.1, 0.15) is 202 Å². The van der Waals surface area contributed by atoms with E-state index in [1.807, 2.05) is 26.4 Å². The van der Waals surface area contributed by atoms with E-state index in [2.05, 4.69) is 86.4 Å². The summed E-state index contributed by atoms with van der Waals surface area (Å²) in [6.07, 6.45) is 57.8. The van der Waals surface area contributed by atoms with E-state index in [-0.39, 0.29) is 6.29 Å². The molecule has 1 N–H and O–H groups in total. The lowest BCUT2D eigenvalue weighted by molar-refractivity contribution is -0.148. The van der Waals surface area contributed by atoms with Crippen LogP contribution < -0.4 is 0 Å². The van der Waals surface area contributed by atoms with Crippen LogP contribution in [0.4, 0.5) is 0 Å². The number of thioether (sulfide) groups is 1. The van der Waals surface area contributed by atoms with Crippen molar-refractivity contribution in [3.05, 3.63) is 60.8 Å². The van der Waals surface area contributed by atoms with E-state index in [9.17, 15) is 5.11 Å². The van der Waals surface area contributed by atoms with Gasteiger partial charge >= 0.3 is 0 Å². The van der Waals surface area contributed by atoms with Gasteiger partial charge in [0.1, 0.15) is 0 Å². The van der Waals surface area contributed by atoms with Gasteiger partial charge < -0.3 is 19.5 Å². The number of allylic oxidation sites excluding steroid dienone is 10. The molecule has 0 saturated heterocycles. The molecule has 0 fully saturated rings.